The third-order valence-electron chi connectivity index (χ3n) is 1.45. The third-order valence-corrected chi connectivity index (χ3v) is 2.75. The number of phenols is 1. The second-order valence-electron chi connectivity index (χ2n) is 2.58. The van der Waals surface area contributed by atoms with Crippen molar-refractivity contribution in [3.63, 3.8) is 0 Å². The normalized spacial score (nSPS) is 11.5. The van der Waals surface area contributed by atoms with Crippen LogP contribution in [0.2, 0.25) is 0 Å². The first-order chi connectivity index (χ1) is 7.20. The van der Waals surface area contributed by atoms with Crippen LogP contribution in [0.1, 0.15) is 0 Å². The number of aromatic hydroxyl groups is 1. The standard InChI is InChI=1S/C7H3BrF3NO3S/c8-4-1-3(16-7(9,10)11)2-5(6(4)13)12(14)15/h1-2,13H. The number of phenolic OH excluding ortho intramolecular Hbond substituents is 1. The van der Waals surface area contributed by atoms with E-state index in [4.69, 9.17) is 0 Å². The summed E-state index contributed by atoms with van der Waals surface area (Å²) < 4.78 is 35.9. The van der Waals surface area contributed by atoms with Crippen LogP contribution in [-0.2, 0) is 0 Å². The predicted molar refractivity (Wildman–Crippen MR) is 54.4 cm³/mol. The first-order valence-electron chi connectivity index (χ1n) is 3.63. The van der Waals surface area contributed by atoms with E-state index in [1.165, 1.54) is 0 Å². The molecular formula is C7H3BrF3NO3S. The Bertz CT molecular complexity index is 438. The molecule has 0 radical (unpaired) electrons. The Morgan fingerprint density at radius 1 is 1.44 bits per heavy atom. The molecule has 0 spiro atoms. The summed E-state index contributed by atoms with van der Waals surface area (Å²) in [6, 6.07) is 1.62. The van der Waals surface area contributed by atoms with Crippen LogP contribution in [0.15, 0.2) is 21.5 Å². The highest BCUT2D eigenvalue weighted by molar-refractivity contribution is 9.10. The molecule has 1 aromatic carbocycles. The van der Waals surface area contributed by atoms with E-state index in [-0.39, 0.29) is 9.37 Å². The molecule has 0 heterocycles. The van der Waals surface area contributed by atoms with Gasteiger partial charge in [0.05, 0.1) is 9.40 Å². The Hall–Kier alpha value is -0.960. The van der Waals surface area contributed by atoms with Crippen molar-refractivity contribution in [1.29, 1.82) is 0 Å². The molecule has 0 aliphatic heterocycles. The number of hydrogen-bond acceptors (Lipinski definition) is 4. The van der Waals surface area contributed by atoms with Crippen molar-refractivity contribution in [3.05, 3.63) is 26.7 Å². The fourth-order valence-electron chi connectivity index (χ4n) is 0.892. The number of hydrogen-bond donors (Lipinski definition) is 1. The number of nitro groups is 1. The molecule has 0 saturated heterocycles. The van der Waals surface area contributed by atoms with Crippen molar-refractivity contribution >= 4 is 33.4 Å². The predicted octanol–water partition coefficient (Wildman–Crippen LogP) is 3.67. The van der Waals surface area contributed by atoms with E-state index in [0.29, 0.717) is 6.07 Å². The molecule has 4 nitrogen and oxygen atoms in total. The molecule has 0 atom stereocenters. The van der Waals surface area contributed by atoms with Crippen molar-refractivity contribution in [3.8, 4) is 5.75 Å². The van der Waals surface area contributed by atoms with Gasteiger partial charge in [-0.1, -0.05) is 0 Å². The number of nitro benzene ring substituents is 1. The highest BCUT2D eigenvalue weighted by Gasteiger charge is 2.31. The van der Waals surface area contributed by atoms with E-state index < -0.39 is 33.6 Å². The lowest BCUT2D eigenvalue weighted by Crippen LogP contribution is -1.99. The van der Waals surface area contributed by atoms with Crippen LogP contribution in [0, 0.1) is 10.1 Å². The van der Waals surface area contributed by atoms with E-state index in [2.05, 4.69) is 15.9 Å². The van der Waals surface area contributed by atoms with Gasteiger partial charge in [0.2, 0.25) is 5.75 Å². The van der Waals surface area contributed by atoms with Gasteiger partial charge in [-0.05, 0) is 33.8 Å². The summed E-state index contributed by atoms with van der Waals surface area (Å²) in [5.41, 5.74) is -5.31. The van der Waals surface area contributed by atoms with Crippen LogP contribution in [0.25, 0.3) is 0 Å². The zero-order chi connectivity index (χ0) is 12.5. The van der Waals surface area contributed by atoms with E-state index in [1.54, 1.807) is 0 Å². The molecule has 0 fully saturated rings. The largest absolute Gasteiger partial charge is 0.501 e. The lowest BCUT2D eigenvalue weighted by atomic mass is 10.3. The van der Waals surface area contributed by atoms with Crippen LogP contribution in [-0.4, -0.2) is 15.5 Å². The van der Waals surface area contributed by atoms with E-state index in [0.717, 1.165) is 6.07 Å². The quantitative estimate of drug-likeness (QED) is 0.513. The Balaban J connectivity index is 3.19. The van der Waals surface area contributed by atoms with Crippen LogP contribution in [0.5, 0.6) is 5.75 Å². The average molecular weight is 318 g/mol. The summed E-state index contributed by atoms with van der Waals surface area (Å²) in [4.78, 5) is 9.10. The van der Waals surface area contributed by atoms with Crippen molar-refractivity contribution in [2.24, 2.45) is 0 Å². The highest BCUT2D eigenvalue weighted by atomic mass is 79.9. The summed E-state index contributed by atoms with van der Waals surface area (Å²) in [7, 11) is 0. The molecule has 16 heavy (non-hydrogen) atoms. The second kappa shape index (κ2) is 4.50. The lowest BCUT2D eigenvalue weighted by molar-refractivity contribution is -0.386. The minimum absolute atomic E-state index is 0.159. The molecule has 0 bridgehead atoms. The molecule has 0 aliphatic rings. The monoisotopic (exact) mass is 317 g/mol. The second-order valence-corrected chi connectivity index (χ2v) is 4.57. The number of benzene rings is 1. The minimum atomic E-state index is -4.54. The van der Waals surface area contributed by atoms with Crippen molar-refractivity contribution < 1.29 is 23.2 Å². The molecule has 0 amide bonds. The van der Waals surface area contributed by atoms with Gasteiger partial charge in [-0.25, -0.2) is 0 Å². The van der Waals surface area contributed by atoms with Crippen molar-refractivity contribution in [1.82, 2.24) is 0 Å². The molecule has 0 aliphatic carbocycles. The summed E-state index contributed by atoms with van der Waals surface area (Å²) in [6.45, 7) is 0. The maximum Gasteiger partial charge on any atom is 0.446 e. The SMILES string of the molecule is O=[N+]([O-])c1cc(SC(F)(F)F)cc(Br)c1O. The molecule has 0 unspecified atom stereocenters. The average Bonchev–Trinajstić information content (AvgIpc) is 2.07. The first-order valence-corrected chi connectivity index (χ1v) is 5.24. The molecule has 88 valence electrons. The summed E-state index contributed by atoms with van der Waals surface area (Å²) >= 11 is 2.25. The lowest BCUT2D eigenvalue weighted by Gasteiger charge is -2.06. The van der Waals surface area contributed by atoms with Gasteiger partial charge in [-0.2, -0.15) is 13.2 Å². The summed E-state index contributed by atoms with van der Waals surface area (Å²) in [5.74, 6) is -0.698. The van der Waals surface area contributed by atoms with E-state index in [9.17, 15) is 28.4 Å². The number of nitrogens with zero attached hydrogens (tertiary/aromatic N) is 1. The number of alkyl halides is 3. The van der Waals surface area contributed by atoms with E-state index >= 15 is 0 Å². The number of thioether (sulfide) groups is 1. The maximum absolute atomic E-state index is 12.0. The zero-order valence-corrected chi connectivity index (χ0v) is 9.69. The van der Waals surface area contributed by atoms with Gasteiger partial charge < -0.3 is 5.11 Å². The molecule has 1 rings (SSSR count). The topological polar surface area (TPSA) is 63.4 Å². The summed E-state index contributed by atoms with van der Waals surface area (Å²) in [6.07, 6.45) is 0. The van der Waals surface area contributed by atoms with E-state index in [1.807, 2.05) is 0 Å². The molecule has 1 aromatic rings. The van der Waals surface area contributed by atoms with Crippen LogP contribution in [0.3, 0.4) is 0 Å². The van der Waals surface area contributed by atoms with Gasteiger partial charge in [-0.15, -0.1) is 0 Å². The summed E-state index contributed by atoms with van der Waals surface area (Å²) in [5, 5.41) is 19.6. The van der Waals surface area contributed by atoms with Gasteiger partial charge in [0.15, 0.2) is 0 Å². The van der Waals surface area contributed by atoms with Crippen molar-refractivity contribution in [2.45, 2.75) is 10.4 Å². The molecule has 9 heteroatoms. The van der Waals surface area contributed by atoms with Gasteiger partial charge >= 0.3 is 11.2 Å². The maximum atomic E-state index is 12.0. The number of halogens is 4. The number of rotatable bonds is 2. The third kappa shape index (κ3) is 3.27. The molecule has 0 aromatic heterocycles. The first kappa shape index (κ1) is 13.1. The molecular weight excluding hydrogens is 315 g/mol. The van der Waals surface area contributed by atoms with Crippen LogP contribution < -0.4 is 0 Å². The fraction of sp³-hybridized carbons (Fsp3) is 0.143. The fourth-order valence-corrected chi connectivity index (χ4v) is 2.11. The molecule has 0 saturated carbocycles. The Labute approximate surface area is 99.7 Å². The Kier molecular flexibility index (Phi) is 3.68. The minimum Gasteiger partial charge on any atom is -0.501 e. The van der Waals surface area contributed by atoms with Crippen LogP contribution in [0.4, 0.5) is 18.9 Å². The smallest absolute Gasteiger partial charge is 0.446 e. The van der Waals surface area contributed by atoms with Crippen LogP contribution >= 0.6 is 27.7 Å². The highest BCUT2D eigenvalue weighted by Crippen LogP contribution is 2.43. The van der Waals surface area contributed by atoms with Gasteiger partial charge in [0, 0.05) is 11.0 Å². The van der Waals surface area contributed by atoms with Gasteiger partial charge in [-0.3, -0.25) is 10.1 Å². The zero-order valence-electron chi connectivity index (χ0n) is 7.29. The van der Waals surface area contributed by atoms with Gasteiger partial charge in [0.25, 0.3) is 0 Å². The molecule has 1 N–H and O–H groups in total. The Morgan fingerprint density at radius 3 is 2.44 bits per heavy atom. The van der Waals surface area contributed by atoms with Crippen molar-refractivity contribution in [2.75, 3.05) is 0 Å². The Morgan fingerprint density at radius 2 is 2.00 bits per heavy atom. The van der Waals surface area contributed by atoms with Gasteiger partial charge in [0.1, 0.15) is 0 Å².